The topological polar surface area (TPSA) is 20.3 Å². The van der Waals surface area contributed by atoms with E-state index in [1.165, 1.54) is 0 Å². The molecule has 0 unspecified atom stereocenters. The van der Waals surface area contributed by atoms with Crippen molar-refractivity contribution in [2.45, 2.75) is 33.1 Å². The molecule has 0 aromatic rings. The predicted molar refractivity (Wildman–Crippen MR) is 52.5 cm³/mol. The lowest BCUT2D eigenvalue weighted by Crippen LogP contribution is -2.32. The van der Waals surface area contributed by atoms with Crippen LogP contribution in [-0.2, 0) is 4.79 Å². The first-order valence-electron chi connectivity index (χ1n) is 4.60. The van der Waals surface area contributed by atoms with Gasteiger partial charge in [0.25, 0.3) is 0 Å². The Morgan fingerprint density at radius 2 is 2.08 bits per heavy atom. The quantitative estimate of drug-likeness (QED) is 0.590. The zero-order valence-corrected chi connectivity index (χ0v) is 8.73. The molecule has 12 heavy (non-hydrogen) atoms. The van der Waals surface area contributed by atoms with E-state index in [0.717, 1.165) is 19.4 Å². The Balaban J connectivity index is 3.69. The Hall–Kier alpha value is -0.240. The maximum Gasteiger partial charge on any atom is 0.222 e. The Labute approximate surface area is 79.9 Å². The first kappa shape index (κ1) is 11.8. The van der Waals surface area contributed by atoms with Gasteiger partial charge in [-0.1, -0.05) is 13.3 Å². The zero-order chi connectivity index (χ0) is 9.40. The number of carbonyl (C=O) groups excluding carboxylic acids is 1. The standard InChI is InChI=1S/C9H18ClNO/c1-3-5-6-9(12)11(4-2)8-7-10/h3-8H2,1-2H3. The lowest BCUT2D eigenvalue weighted by molar-refractivity contribution is -0.130. The average molecular weight is 192 g/mol. The van der Waals surface area contributed by atoms with E-state index in [2.05, 4.69) is 6.92 Å². The Morgan fingerprint density at radius 1 is 1.42 bits per heavy atom. The summed E-state index contributed by atoms with van der Waals surface area (Å²) in [5.74, 6) is 0.770. The van der Waals surface area contributed by atoms with Gasteiger partial charge in [-0.05, 0) is 13.3 Å². The summed E-state index contributed by atoms with van der Waals surface area (Å²) in [7, 11) is 0. The van der Waals surface area contributed by atoms with Crippen molar-refractivity contribution in [3.05, 3.63) is 0 Å². The molecular weight excluding hydrogens is 174 g/mol. The summed E-state index contributed by atoms with van der Waals surface area (Å²) >= 11 is 5.56. The van der Waals surface area contributed by atoms with Gasteiger partial charge in [0.05, 0.1) is 0 Å². The SMILES string of the molecule is CCCCC(=O)N(CC)CCCl. The highest BCUT2D eigenvalue weighted by Gasteiger charge is 2.08. The highest BCUT2D eigenvalue weighted by atomic mass is 35.5. The van der Waals surface area contributed by atoms with Crippen molar-refractivity contribution < 1.29 is 4.79 Å². The number of hydrogen-bond donors (Lipinski definition) is 0. The van der Waals surface area contributed by atoms with E-state index >= 15 is 0 Å². The fourth-order valence-electron chi connectivity index (χ4n) is 1.05. The molecule has 0 fully saturated rings. The van der Waals surface area contributed by atoms with Crippen molar-refractivity contribution in [1.29, 1.82) is 0 Å². The molecule has 0 aromatic carbocycles. The van der Waals surface area contributed by atoms with E-state index in [1.54, 1.807) is 0 Å². The van der Waals surface area contributed by atoms with E-state index in [4.69, 9.17) is 11.6 Å². The van der Waals surface area contributed by atoms with Gasteiger partial charge in [-0.3, -0.25) is 4.79 Å². The Bertz CT molecular complexity index is 128. The van der Waals surface area contributed by atoms with Crippen LogP contribution in [0.1, 0.15) is 33.1 Å². The van der Waals surface area contributed by atoms with Gasteiger partial charge in [-0.2, -0.15) is 0 Å². The van der Waals surface area contributed by atoms with E-state index < -0.39 is 0 Å². The van der Waals surface area contributed by atoms with Crippen molar-refractivity contribution in [3.63, 3.8) is 0 Å². The van der Waals surface area contributed by atoms with Crippen LogP contribution in [0.3, 0.4) is 0 Å². The van der Waals surface area contributed by atoms with Gasteiger partial charge in [0, 0.05) is 25.4 Å². The molecule has 2 nitrogen and oxygen atoms in total. The van der Waals surface area contributed by atoms with Crippen LogP contribution in [-0.4, -0.2) is 29.8 Å². The van der Waals surface area contributed by atoms with Crippen LogP contribution in [0.25, 0.3) is 0 Å². The maximum atomic E-state index is 11.4. The number of amides is 1. The monoisotopic (exact) mass is 191 g/mol. The Kier molecular flexibility index (Phi) is 7.26. The summed E-state index contributed by atoms with van der Waals surface area (Å²) in [4.78, 5) is 13.2. The van der Waals surface area contributed by atoms with Crippen molar-refractivity contribution in [2.24, 2.45) is 0 Å². The normalized spacial score (nSPS) is 9.92. The second-order valence-electron chi connectivity index (χ2n) is 2.77. The zero-order valence-electron chi connectivity index (χ0n) is 7.98. The summed E-state index contributed by atoms with van der Waals surface area (Å²) in [6.07, 6.45) is 2.73. The molecule has 0 radical (unpaired) electrons. The number of carbonyl (C=O) groups is 1. The third-order valence-electron chi connectivity index (χ3n) is 1.83. The molecular formula is C9H18ClNO. The van der Waals surface area contributed by atoms with Gasteiger partial charge in [0.2, 0.25) is 5.91 Å². The number of nitrogens with zero attached hydrogens (tertiary/aromatic N) is 1. The molecule has 0 spiro atoms. The molecule has 72 valence electrons. The third kappa shape index (κ3) is 4.60. The number of unbranched alkanes of at least 4 members (excludes halogenated alkanes) is 1. The summed E-state index contributed by atoms with van der Waals surface area (Å²) in [5, 5.41) is 0. The van der Waals surface area contributed by atoms with Gasteiger partial charge in [0.1, 0.15) is 0 Å². The van der Waals surface area contributed by atoms with Gasteiger partial charge < -0.3 is 4.90 Å². The molecule has 0 N–H and O–H groups in total. The maximum absolute atomic E-state index is 11.4. The van der Waals surface area contributed by atoms with Crippen LogP contribution >= 0.6 is 11.6 Å². The highest BCUT2D eigenvalue weighted by molar-refractivity contribution is 6.18. The second kappa shape index (κ2) is 7.41. The smallest absolute Gasteiger partial charge is 0.222 e. The van der Waals surface area contributed by atoms with E-state index in [1.807, 2.05) is 11.8 Å². The minimum atomic E-state index is 0.236. The molecule has 0 bridgehead atoms. The average Bonchev–Trinajstić information content (AvgIpc) is 2.10. The number of rotatable bonds is 6. The molecule has 0 saturated carbocycles. The van der Waals surface area contributed by atoms with Crippen molar-refractivity contribution in [2.75, 3.05) is 19.0 Å². The molecule has 0 rings (SSSR count). The van der Waals surface area contributed by atoms with Gasteiger partial charge in [-0.15, -0.1) is 11.6 Å². The first-order chi connectivity index (χ1) is 5.76. The lowest BCUT2D eigenvalue weighted by Gasteiger charge is -2.19. The van der Waals surface area contributed by atoms with E-state index in [0.29, 0.717) is 18.8 Å². The van der Waals surface area contributed by atoms with Gasteiger partial charge in [0.15, 0.2) is 0 Å². The first-order valence-corrected chi connectivity index (χ1v) is 5.13. The summed E-state index contributed by atoms with van der Waals surface area (Å²) < 4.78 is 0. The number of alkyl halides is 1. The van der Waals surface area contributed by atoms with Gasteiger partial charge >= 0.3 is 0 Å². The molecule has 0 aromatic heterocycles. The Morgan fingerprint density at radius 3 is 2.50 bits per heavy atom. The fourth-order valence-corrected chi connectivity index (χ4v) is 1.25. The van der Waals surface area contributed by atoms with Crippen LogP contribution in [0.15, 0.2) is 0 Å². The molecule has 1 amide bonds. The van der Waals surface area contributed by atoms with E-state index in [-0.39, 0.29) is 5.91 Å². The largest absolute Gasteiger partial charge is 0.342 e. The van der Waals surface area contributed by atoms with Gasteiger partial charge in [-0.25, -0.2) is 0 Å². The minimum Gasteiger partial charge on any atom is -0.342 e. The molecule has 0 saturated heterocycles. The lowest BCUT2D eigenvalue weighted by atomic mass is 10.2. The highest BCUT2D eigenvalue weighted by Crippen LogP contribution is 2.00. The molecule has 0 heterocycles. The number of halogens is 1. The third-order valence-corrected chi connectivity index (χ3v) is 2.00. The predicted octanol–water partition coefficient (Wildman–Crippen LogP) is 2.26. The summed E-state index contributed by atoms with van der Waals surface area (Å²) in [6, 6.07) is 0. The molecule has 0 aliphatic carbocycles. The minimum absolute atomic E-state index is 0.236. The van der Waals surface area contributed by atoms with Crippen LogP contribution in [0.2, 0.25) is 0 Å². The van der Waals surface area contributed by atoms with Crippen LogP contribution in [0.5, 0.6) is 0 Å². The van der Waals surface area contributed by atoms with Crippen LogP contribution in [0.4, 0.5) is 0 Å². The van der Waals surface area contributed by atoms with Crippen molar-refractivity contribution >= 4 is 17.5 Å². The molecule has 0 aliphatic rings. The molecule has 0 aliphatic heterocycles. The molecule has 3 heteroatoms. The summed E-state index contributed by atoms with van der Waals surface area (Å²) in [5.41, 5.74) is 0. The van der Waals surface area contributed by atoms with E-state index in [9.17, 15) is 4.79 Å². The van der Waals surface area contributed by atoms with Crippen LogP contribution in [0, 0.1) is 0 Å². The summed E-state index contributed by atoms with van der Waals surface area (Å²) in [6.45, 7) is 5.53. The second-order valence-corrected chi connectivity index (χ2v) is 3.14. The van der Waals surface area contributed by atoms with Crippen molar-refractivity contribution in [3.8, 4) is 0 Å². The fraction of sp³-hybridized carbons (Fsp3) is 0.889. The van der Waals surface area contributed by atoms with Crippen molar-refractivity contribution in [1.82, 2.24) is 4.90 Å². The van der Waals surface area contributed by atoms with Crippen LogP contribution < -0.4 is 0 Å². The molecule has 0 atom stereocenters. The number of hydrogen-bond acceptors (Lipinski definition) is 1.